The van der Waals surface area contributed by atoms with Crippen LogP contribution < -0.4 is 0 Å². The van der Waals surface area contributed by atoms with Gasteiger partial charge in [0.1, 0.15) is 0 Å². The van der Waals surface area contributed by atoms with Crippen molar-refractivity contribution >= 4 is 0 Å². The molecular weight excluding hydrogens is 195 g/mol. The Morgan fingerprint density at radius 2 is 1.54 bits per heavy atom. The van der Waals surface area contributed by atoms with E-state index in [2.05, 4.69) is 5.92 Å². The molecule has 2 rings (SSSR count). The molecule has 0 amide bonds. The molecule has 0 saturated heterocycles. The molecule has 0 spiro atoms. The maximum absolute atomic E-state index is 5.04. The summed E-state index contributed by atoms with van der Waals surface area (Å²) in [5.74, 6) is 2.51. The van der Waals surface area contributed by atoms with Crippen LogP contribution in [0.3, 0.4) is 0 Å². The fraction of sp³-hybridized carbons (Fsp3) is 0. The zero-order valence-electron chi connectivity index (χ0n) is 7.22. The van der Waals surface area contributed by atoms with E-state index in [9.17, 15) is 0 Å². The van der Waals surface area contributed by atoms with E-state index < -0.39 is 0 Å². The van der Waals surface area contributed by atoms with Crippen molar-refractivity contribution in [3.05, 3.63) is 60.2 Å². The average Bonchev–Trinajstić information content (AvgIpc) is 2.81. The molecule has 0 bridgehead atoms. The molecule has 0 aromatic heterocycles. The van der Waals surface area contributed by atoms with Gasteiger partial charge in [-0.3, -0.25) is 0 Å². The molecule has 63 valence electrons. The molecule has 2 aromatic carbocycles. The van der Waals surface area contributed by atoms with Crippen LogP contribution in [-0.2, 0) is 18.6 Å². The van der Waals surface area contributed by atoms with E-state index in [0.717, 1.165) is 5.56 Å². The Morgan fingerprint density at radius 3 is 1.77 bits per heavy atom. The summed E-state index contributed by atoms with van der Waals surface area (Å²) in [4.78, 5) is 0. The predicted octanol–water partition coefficient (Wildman–Crippen LogP) is 2.79. The van der Waals surface area contributed by atoms with Crippen LogP contribution in [0, 0.1) is 12.3 Å². The van der Waals surface area contributed by atoms with Crippen molar-refractivity contribution in [3.63, 3.8) is 0 Å². The van der Waals surface area contributed by atoms with E-state index in [1.165, 1.54) is 0 Å². The number of hydrogen-bond donors (Lipinski definition) is 0. The Balaban J connectivity index is 0.000000215. The molecule has 0 N–H and O–H groups in total. The summed E-state index contributed by atoms with van der Waals surface area (Å²) in [5.41, 5.74) is 0.958. The quantitative estimate of drug-likeness (QED) is 0.458. The fourth-order valence-corrected chi connectivity index (χ4v) is 0.791. The van der Waals surface area contributed by atoms with Gasteiger partial charge in [-0.15, -0.1) is 12.1 Å². The fourth-order valence-electron chi connectivity index (χ4n) is 0.791. The van der Waals surface area contributed by atoms with Crippen LogP contribution in [0.15, 0.2) is 54.6 Å². The van der Waals surface area contributed by atoms with Crippen molar-refractivity contribution < 1.29 is 18.6 Å². The molecule has 0 aliphatic carbocycles. The largest absolute Gasteiger partial charge is 2.00 e. The van der Waals surface area contributed by atoms with Crippen molar-refractivity contribution in [1.29, 1.82) is 0 Å². The van der Waals surface area contributed by atoms with Gasteiger partial charge in [0.25, 0.3) is 0 Å². The Kier molecular flexibility index (Phi) is 6.83. The van der Waals surface area contributed by atoms with Gasteiger partial charge in [0.05, 0.1) is 0 Å². The topological polar surface area (TPSA) is 0 Å². The molecule has 0 unspecified atom stereocenters. The summed E-state index contributed by atoms with van der Waals surface area (Å²) < 4.78 is 0. The molecule has 1 heteroatoms. The van der Waals surface area contributed by atoms with E-state index in [0.29, 0.717) is 0 Å². The molecule has 0 aliphatic heterocycles. The van der Waals surface area contributed by atoms with Crippen LogP contribution >= 0.6 is 0 Å². The minimum Gasteiger partial charge on any atom is -0.228 e. The molecule has 0 saturated carbocycles. The van der Waals surface area contributed by atoms with Crippen molar-refractivity contribution in [3.8, 4) is 12.3 Å². The first-order valence-electron chi connectivity index (χ1n) is 3.78. The van der Waals surface area contributed by atoms with Gasteiger partial charge in [-0.25, -0.2) is 18.6 Å². The first kappa shape index (κ1) is 11.8. The third-order valence-electron chi connectivity index (χ3n) is 1.38. The van der Waals surface area contributed by atoms with Gasteiger partial charge in [-0.2, -0.15) is 36.3 Å². The van der Waals surface area contributed by atoms with Crippen molar-refractivity contribution in [1.82, 2.24) is 0 Å². The summed E-state index contributed by atoms with van der Waals surface area (Å²) in [5, 5.41) is 0. The van der Waals surface area contributed by atoms with E-state index in [4.69, 9.17) is 6.42 Å². The molecule has 0 atom stereocenters. The molecule has 0 nitrogen and oxygen atoms in total. The van der Waals surface area contributed by atoms with Crippen molar-refractivity contribution in [2.24, 2.45) is 0 Å². The van der Waals surface area contributed by atoms with E-state index in [1.807, 2.05) is 54.6 Å². The van der Waals surface area contributed by atoms with Crippen LogP contribution in [0.4, 0.5) is 0 Å². The van der Waals surface area contributed by atoms with E-state index >= 15 is 0 Å². The minimum atomic E-state index is 0. The van der Waals surface area contributed by atoms with Crippen LogP contribution in [0.25, 0.3) is 0 Å². The predicted molar refractivity (Wildman–Crippen MR) is 52.0 cm³/mol. The molecule has 0 heterocycles. The van der Waals surface area contributed by atoms with E-state index in [1.54, 1.807) is 0 Å². The summed E-state index contributed by atoms with van der Waals surface area (Å²) in [6.07, 6.45) is 5.04. The second-order valence-corrected chi connectivity index (χ2v) is 2.28. The zero-order valence-corrected chi connectivity index (χ0v) is 8.62. The minimum absolute atomic E-state index is 0. The SMILES string of the molecule is C#C[c-]1cccc1.[V+2].c1cc[cH-]c1. The standard InChI is InChI=1S/C7H5.C5H5.V/c1-2-7-5-3-4-6-7;1-2-4-5-3-1;/h1,3-6H;1-5H;/q2*-1;+2. The number of hydrogen-bond acceptors (Lipinski definition) is 0. The third kappa shape index (κ3) is 5.14. The summed E-state index contributed by atoms with van der Waals surface area (Å²) in [7, 11) is 0. The van der Waals surface area contributed by atoms with Crippen LogP contribution in [0.1, 0.15) is 5.56 Å². The van der Waals surface area contributed by atoms with Crippen LogP contribution in [-0.4, -0.2) is 0 Å². The summed E-state index contributed by atoms with van der Waals surface area (Å²) >= 11 is 0. The molecular formula is C12H10V. The smallest absolute Gasteiger partial charge is 0.228 e. The summed E-state index contributed by atoms with van der Waals surface area (Å²) in [6, 6.07) is 17.7. The molecule has 0 aliphatic rings. The third-order valence-corrected chi connectivity index (χ3v) is 1.38. The molecule has 2 aromatic rings. The van der Waals surface area contributed by atoms with Gasteiger partial charge in [-0.1, -0.05) is 5.56 Å². The van der Waals surface area contributed by atoms with Crippen LogP contribution in [0.2, 0.25) is 0 Å². The second kappa shape index (κ2) is 7.49. The normalized spacial score (nSPS) is 7.31. The Bertz CT molecular complexity index is 291. The van der Waals surface area contributed by atoms with Crippen molar-refractivity contribution in [2.75, 3.05) is 0 Å². The molecule has 0 fully saturated rings. The Hall–Kier alpha value is -1.16. The number of terminal acetylenes is 1. The van der Waals surface area contributed by atoms with Gasteiger partial charge in [-0.05, 0) is 0 Å². The van der Waals surface area contributed by atoms with Gasteiger partial charge in [0.15, 0.2) is 0 Å². The first-order valence-corrected chi connectivity index (χ1v) is 3.78. The molecule has 13 heavy (non-hydrogen) atoms. The van der Waals surface area contributed by atoms with Gasteiger partial charge >= 0.3 is 18.6 Å². The second-order valence-electron chi connectivity index (χ2n) is 2.28. The van der Waals surface area contributed by atoms with Gasteiger partial charge in [0, 0.05) is 0 Å². The average molecular weight is 205 g/mol. The van der Waals surface area contributed by atoms with Gasteiger partial charge in [0.2, 0.25) is 0 Å². The summed E-state index contributed by atoms with van der Waals surface area (Å²) in [6.45, 7) is 0. The van der Waals surface area contributed by atoms with Crippen molar-refractivity contribution in [2.45, 2.75) is 0 Å². The molecule has 1 radical (unpaired) electrons. The monoisotopic (exact) mass is 205 g/mol. The van der Waals surface area contributed by atoms with Gasteiger partial charge < -0.3 is 0 Å². The maximum Gasteiger partial charge on any atom is 2.00 e. The Labute approximate surface area is 91.2 Å². The zero-order chi connectivity index (χ0) is 8.65. The first-order chi connectivity index (χ1) is 5.93. The van der Waals surface area contributed by atoms with E-state index in [-0.39, 0.29) is 18.6 Å². The maximum atomic E-state index is 5.04. The Morgan fingerprint density at radius 1 is 1.00 bits per heavy atom. The van der Waals surface area contributed by atoms with Crippen LogP contribution in [0.5, 0.6) is 0 Å². The number of rotatable bonds is 0.